The van der Waals surface area contributed by atoms with Crippen LogP contribution in [0.3, 0.4) is 0 Å². The second-order valence-corrected chi connectivity index (χ2v) is 4.92. The van der Waals surface area contributed by atoms with E-state index in [1.54, 1.807) is 0 Å². The molecule has 0 unspecified atom stereocenters. The van der Waals surface area contributed by atoms with Gasteiger partial charge in [0.05, 0.1) is 0 Å². The van der Waals surface area contributed by atoms with E-state index >= 15 is 0 Å². The highest BCUT2D eigenvalue weighted by molar-refractivity contribution is 5.70. The van der Waals surface area contributed by atoms with Gasteiger partial charge in [-0.05, 0) is 31.0 Å². The van der Waals surface area contributed by atoms with Crippen LogP contribution in [0, 0.1) is 5.92 Å². The monoisotopic (exact) mass is 232 g/mol. The lowest BCUT2D eigenvalue weighted by Gasteiger charge is -2.05. The molecular weight excluding hydrogens is 210 g/mol. The molecule has 2 aromatic rings. The van der Waals surface area contributed by atoms with Crippen molar-refractivity contribution in [3.63, 3.8) is 0 Å². The van der Waals surface area contributed by atoms with Crippen LogP contribution in [0.4, 0.5) is 0 Å². The van der Waals surface area contributed by atoms with Gasteiger partial charge in [0.25, 0.3) is 0 Å². The van der Waals surface area contributed by atoms with Crippen LogP contribution in [-0.2, 0) is 6.54 Å². The lowest BCUT2D eigenvalue weighted by Crippen LogP contribution is -2.38. The highest BCUT2D eigenvalue weighted by atomic mass is 15.1. The number of nitrogens with one attached hydrogen (secondary N) is 2. The molecule has 3 heteroatoms. The molecule has 92 valence electrons. The van der Waals surface area contributed by atoms with Gasteiger partial charge in [-0.3, -0.25) is 0 Å². The summed E-state index contributed by atoms with van der Waals surface area (Å²) in [6, 6.07) is 8.40. The molecule has 0 amide bonds. The van der Waals surface area contributed by atoms with Crippen LogP contribution in [0.25, 0.3) is 11.0 Å². The van der Waals surface area contributed by atoms with E-state index in [1.165, 1.54) is 17.5 Å². The fraction of sp³-hybridized carbons (Fsp3) is 0.500. The van der Waals surface area contributed by atoms with E-state index in [1.807, 2.05) is 0 Å². The summed E-state index contributed by atoms with van der Waals surface area (Å²) in [6.45, 7) is 7.67. The third-order valence-corrected chi connectivity index (χ3v) is 3.02. The summed E-state index contributed by atoms with van der Waals surface area (Å²) in [5.41, 5.74) is 2.48. The second kappa shape index (κ2) is 5.82. The van der Waals surface area contributed by atoms with Crippen molar-refractivity contribution in [3.8, 4) is 0 Å². The largest absolute Gasteiger partial charge is 0.313 e. The van der Waals surface area contributed by atoms with Gasteiger partial charge in [0.1, 0.15) is 6.54 Å². The van der Waals surface area contributed by atoms with Crippen molar-refractivity contribution in [3.05, 3.63) is 30.6 Å². The van der Waals surface area contributed by atoms with Gasteiger partial charge in [-0.1, -0.05) is 26.0 Å². The molecule has 0 saturated carbocycles. The zero-order valence-electron chi connectivity index (χ0n) is 10.7. The molecule has 0 radical (unpaired) electrons. The minimum absolute atomic E-state index is 0.781. The van der Waals surface area contributed by atoms with Crippen molar-refractivity contribution in [1.29, 1.82) is 0 Å². The molecule has 0 aliphatic carbocycles. The summed E-state index contributed by atoms with van der Waals surface area (Å²) >= 11 is 0. The number of hydrogen-bond donors (Lipinski definition) is 2. The first-order valence-corrected chi connectivity index (χ1v) is 6.43. The van der Waals surface area contributed by atoms with Crippen molar-refractivity contribution < 1.29 is 4.57 Å². The number of rotatable bonds is 6. The van der Waals surface area contributed by atoms with Crippen LogP contribution in [0.2, 0.25) is 0 Å². The molecule has 2 N–H and O–H groups in total. The molecule has 1 aromatic heterocycles. The Balaban J connectivity index is 1.83. The van der Waals surface area contributed by atoms with Crippen molar-refractivity contribution in [1.82, 2.24) is 10.3 Å². The summed E-state index contributed by atoms with van der Waals surface area (Å²) in [6.07, 6.45) is 3.30. The fourth-order valence-corrected chi connectivity index (χ4v) is 1.96. The number of H-pyrrole nitrogens is 1. The summed E-state index contributed by atoms with van der Waals surface area (Å²) in [4.78, 5) is 3.28. The van der Waals surface area contributed by atoms with Crippen LogP contribution in [0.5, 0.6) is 0 Å². The van der Waals surface area contributed by atoms with Crippen LogP contribution in [0.1, 0.15) is 20.3 Å². The van der Waals surface area contributed by atoms with Crippen molar-refractivity contribution in [2.24, 2.45) is 5.92 Å². The number of benzene rings is 1. The molecule has 0 saturated heterocycles. The maximum Gasteiger partial charge on any atom is 0.242 e. The number of para-hydroxylation sites is 2. The normalized spacial score (nSPS) is 11.5. The molecule has 1 heterocycles. The Kier molecular flexibility index (Phi) is 4.15. The van der Waals surface area contributed by atoms with Gasteiger partial charge in [0.15, 0.2) is 11.0 Å². The van der Waals surface area contributed by atoms with E-state index in [4.69, 9.17) is 0 Å². The number of fused-ring (bicyclic) bond motifs is 1. The first-order chi connectivity index (χ1) is 8.27. The predicted molar refractivity (Wildman–Crippen MR) is 70.8 cm³/mol. The maximum absolute atomic E-state index is 3.48. The molecule has 0 spiro atoms. The van der Waals surface area contributed by atoms with Gasteiger partial charge in [-0.2, -0.15) is 0 Å². The molecule has 0 atom stereocenters. The smallest absolute Gasteiger partial charge is 0.242 e. The molecule has 0 aliphatic rings. The van der Waals surface area contributed by atoms with E-state index in [2.05, 4.69) is 59.3 Å². The minimum Gasteiger partial charge on any atom is -0.313 e. The van der Waals surface area contributed by atoms with Crippen molar-refractivity contribution in [2.75, 3.05) is 13.1 Å². The van der Waals surface area contributed by atoms with Crippen LogP contribution < -0.4 is 9.88 Å². The third-order valence-electron chi connectivity index (χ3n) is 3.02. The lowest BCUT2D eigenvalue weighted by molar-refractivity contribution is -0.669. The van der Waals surface area contributed by atoms with Gasteiger partial charge in [-0.25, -0.2) is 9.55 Å². The summed E-state index contributed by atoms with van der Waals surface area (Å²) in [7, 11) is 0. The highest BCUT2D eigenvalue weighted by Crippen LogP contribution is 2.04. The van der Waals surface area contributed by atoms with Gasteiger partial charge < -0.3 is 5.32 Å². The molecule has 3 nitrogen and oxygen atoms in total. The standard InChI is InChI=1S/C14H21N3/c1-12(2)7-8-15-9-10-17-11-16-13-5-3-4-6-14(13)17/h3-6,11-12,15H,7-10H2,1-2H3/p+1. The van der Waals surface area contributed by atoms with Crippen molar-refractivity contribution >= 4 is 11.0 Å². The third kappa shape index (κ3) is 3.30. The fourth-order valence-electron chi connectivity index (χ4n) is 1.96. The Morgan fingerprint density at radius 1 is 1.24 bits per heavy atom. The molecule has 1 aromatic carbocycles. The van der Waals surface area contributed by atoms with Crippen LogP contribution in [0.15, 0.2) is 30.6 Å². The first-order valence-electron chi connectivity index (χ1n) is 6.43. The number of aromatic amines is 1. The number of imidazole rings is 1. The van der Waals surface area contributed by atoms with E-state index < -0.39 is 0 Å². The predicted octanol–water partition coefficient (Wildman–Crippen LogP) is 2.09. The summed E-state index contributed by atoms with van der Waals surface area (Å²) in [5.74, 6) is 0.781. The molecule has 2 rings (SSSR count). The van der Waals surface area contributed by atoms with E-state index in [-0.39, 0.29) is 0 Å². The first kappa shape index (κ1) is 12.1. The Bertz CT molecular complexity index is 459. The minimum atomic E-state index is 0.781. The Hall–Kier alpha value is -1.35. The van der Waals surface area contributed by atoms with Gasteiger partial charge in [-0.15, -0.1) is 0 Å². The zero-order chi connectivity index (χ0) is 12.1. The Morgan fingerprint density at radius 3 is 2.88 bits per heavy atom. The van der Waals surface area contributed by atoms with Crippen molar-refractivity contribution in [2.45, 2.75) is 26.8 Å². The summed E-state index contributed by atoms with van der Waals surface area (Å²) < 4.78 is 2.26. The zero-order valence-corrected chi connectivity index (χ0v) is 10.7. The van der Waals surface area contributed by atoms with E-state index in [0.717, 1.165) is 25.6 Å². The van der Waals surface area contributed by atoms with Crippen LogP contribution in [-0.4, -0.2) is 18.1 Å². The summed E-state index contributed by atoms with van der Waals surface area (Å²) in [5, 5.41) is 3.48. The quantitative estimate of drug-likeness (QED) is 0.580. The lowest BCUT2D eigenvalue weighted by atomic mass is 10.1. The number of hydrogen-bond acceptors (Lipinski definition) is 1. The topological polar surface area (TPSA) is 31.7 Å². The van der Waals surface area contributed by atoms with Gasteiger partial charge in [0.2, 0.25) is 6.33 Å². The van der Waals surface area contributed by atoms with E-state index in [0.29, 0.717) is 0 Å². The number of nitrogens with zero attached hydrogens (tertiary/aromatic N) is 1. The molecule has 0 fully saturated rings. The van der Waals surface area contributed by atoms with E-state index in [9.17, 15) is 0 Å². The van der Waals surface area contributed by atoms with Gasteiger partial charge >= 0.3 is 0 Å². The molecule has 0 bridgehead atoms. The van der Waals surface area contributed by atoms with Gasteiger partial charge in [0, 0.05) is 6.54 Å². The highest BCUT2D eigenvalue weighted by Gasteiger charge is 2.07. The average Bonchev–Trinajstić information content (AvgIpc) is 2.72. The SMILES string of the molecule is CC(C)CCNCC[n+]1c[nH]c2ccccc21. The Morgan fingerprint density at radius 2 is 2.06 bits per heavy atom. The second-order valence-electron chi connectivity index (χ2n) is 4.92. The van der Waals surface area contributed by atoms with Crippen LogP contribution >= 0.6 is 0 Å². The Labute approximate surface area is 103 Å². The molecular formula is C14H22N3+. The number of aromatic nitrogens is 2. The maximum atomic E-state index is 3.48. The average molecular weight is 232 g/mol. The molecule has 0 aliphatic heterocycles. The molecule has 17 heavy (non-hydrogen) atoms.